The summed E-state index contributed by atoms with van der Waals surface area (Å²) in [5.41, 5.74) is -0.00315. The number of aliphatic hydroxyl groups is 1. The molecule has 0 bridgehead atoms. The number of anilines is 1. The molecule has 19 heavy (non-hydrogen) atoms. The molecule has 1 unspecified atom stereocenters. The van der Waals surface area contributed by atoms with Crippen molar-refractivity contribution in [2.45, 2.75) is 32.5 Å². The highest BCUT2D eigenvalue weighted by Gasteiger charge is 2.17. The first-order valence-corrected chi connectivity index (χ1v) is 5.96. The van der Waals surface area contributed by atoms with Crippen LogP contribution >= 0.6 is 0 Å². The topological polar surface area (TPSA) is 96.4 Å². The Hall–Kier alpha value is -1.73. The van der Waals surface area contributed by atoms with Gasteiger partial charge in [-0.1, -0.05) is 0 Å². The normalized spacial score (nSPS) is 12.9. The molecule has 0 aliphatic carbocycles. The highest BCUT2D eigenvalue weighted by atomic mass is 16.6. The lowest BCUT2D eigenvalue weighted by molar-refractivity contribution is 0.0634. The number of carbonyl (C=O) groups excluding carboxylic acids is 1. The van der Waals surface area contributed by atoms with Crippen LogP contribution in [-0.2, 0) is 4.74 Å². The Kier molecular flexibility index (Phi) is 5.20. The SMILES string of the molecule is CNCC(O)c1cnc(NC(=O)OC(C)(C)C)nc1. The molecule has 7 nitrogen and oxygen atoms in total. The average Bonchev–Trinajstić information content (AvgIpc) is 2.27. The number of nitrogens with one attached hydrogen (secondary N) is 2. The van der Waals surface area contributed by atoms with E-state index in [1.807, 2.05) is 0 Å². The Bertz CT molecular complexity index is 414. The summed E-state index contributed by atoms with van der Waals surface area (Å²) < 4.78 is 5.07. The molecule has 0 spiro atoms. The fourth-order valence-electron chi connectivity index (χ4n) is 1.28. The second-order valence-corrected chi connectivity index (χ2v) is 5.04. The van der Waals surface area contributed by atoms with Gasteiger partial charge in [-0.25, -0.2) is 14.8 Å². The first kappa shape index (κ1) is 15.3. The van der Waals surface area contributed by atoms with E-state index in [1.165, 1.54) is 12.4 Å². The molecule has 0 aromatic carbocycles. The quantitative estimate of drug-likeness (QED) is 0.756. The van der Waals surface area contributed by atoms with E-state index >= 15 is 0 Å². The third-order valence-electron chi connectivity index (χ3n) is 2.07. The van der Waals surface area contributed by atoms with Crippen LogP contribution in [0.5, 0.6) is 0 Å². The summed E-state index contributed by atoms with van der Waals surface area (Å²) in [7, 11) is 1.74. The lowest BCUT2D eigenvalue weighted by Crippen LogP contribution is -2.27. The van der Waals surface area contributed by atoms with Crippen molar-refractivity contribution >= 4 is 12.0 Å². The van der Waals surface area contributed by atoms with Crippen LogP contribution in [0.25, 0.3) is 0 Å². The van der Waals surface area contributed by atoms with Crippen LogP contribution < -0.4 is 10.6 Å². The minimum Gasteiger partial charge on any atom is -0.444 e. The zero-order valence-electron chi connectivity index (χ0n) is 11.6. The number of aromatic nitrogens is 2. The molecule has 0 fully saturated rings. The molecule has 0 radical (unpaired) electrons. The van der Waals surface area contributed by atoms with Crippen LogP contribution in [0, 0.1) is 0 Å². The Balaban J connectivity index is 2.59. The van der Waals surface area contributed by atoms with Gasteiger partial charge < -0.3 is 15.2 Å². The first-order valence-electron chi connectivity index (χ1n) is 5.96. The number of likely N-dealkylation sites (N-methyl/N-ethyl adjacent to an activating group) is 1. The van der Waals surface area contributed by atoms with Crippen LogP contribution in [0.3, 0.4) is 0 Å². The number of hydrogen-bond donors (Lipinski definition) is 3. The molecule has 1 atom stereocenters. The molecule has 1 aromatic rings. The molecule has 3 N–H and O–H groups in total. The number of rotatable bonds is 4. The van der Waals surface area contributed by atoms with Crippen molar-refractivity contribution in [3.63, 3.8) is 0 Å². The van der Waals surface area contributed by atoms with Gasteiger partial charge in [-0.15, -0.1) is 0 Å². The van der Waals surface area contributed by atoms with Crippen LogP contribution in [0.1, 0.15) is 32.4 Å². The first-order chi connectivity index (χ1) is 8.81. The van der Waals surface area contributed by atoms with Crippen molar-refractivity contribution < 1.29 is 14.6 Å². The van der Waals surface area contributed by atoms with E-state index in [0.717, 1.165) is 0 Å². The van der Waals surface area contributed by atoms with Crippen LogP contribution in [0.15, 0.2) is 12.4 Å². The summed E-state index contributed by atoms with van der Waals surface area (Å²) in [5, 5.41) is 15.0. The number of amides is 1. The van der Waals surface area contributed by atoms with Crippen molar-refractivity contribution in [2.24, 2.45) is 0 Å². The Morgan fingerprint density at radius 1 is 1.42 bits per heavy atom. The van der Waals surface area contributed by atoms with Gasteiger partial charge in [0.05, 0.1) is 6.10 Å². The molecule has 1 rings (SSSR count). The number of hydrogen-bond acceptors (Lipinski definition) is 6. The van der Waals surface area contributed by atoms with E-state index in [0.29, 0.717) is 12.1 Å². The molecule has 1 amide bonds. The predicted octanol–water partition coefficient (Wildman–Crippen LogP) is 1.08. The monoisotopic (exact) mass is 268 g/mol. The zero-order valence-corrected chi connectivity index (χ0v) is 11.6. The van der Waals surface area contributed by atoms with Gasteiger partial charge >= 0.3 is 6.09 Å². The average molecular weight is 268 g/mol. The third kappa shape index (κ3) is 5.62. The molecule has 106 valence electrons. The van der Waals surface area contributed by atoms with E-state index < -0.39 is 17.8 Å². The summed E-state index contributed by atoms with van der Waals surface area (Å²) in [4.78, 5) is 19.4. The summed E-state index contributed by atoms with van der Waals surface area (Å²) in [6.07, 6.45) is 1.63. The second-order valence-electron chi connectivity index (χ2n) is 5.04. The van der Waals surface area contributed by atoms with E-state index in [1.54, 1.807) is 27.8 Å². The zero-order chi connectivity index (χ0) is 14.5. The standard InChI is InChI=1S/C12H20N4O3/c1-12(2,3)19-11(18)16-10-14-5-8(6-15-10)9(17)7-13-4/h5-6,9,13,17H,7H2,1-4H3,(H,14,15,16,18). The predicted molar refractivity (Wildman–Crippen MR) is 70.8 cm³/mol. The molecule has 0 saturated heterocycles. The maximum atomic E-state index is 11.5. The summed E-state index contributed by atoms with van der Waals surface area (Å²) in [6, 6.07) is 0. The Morgan fingerprint density at radius 2 is 2.00 bits per heavy atom. The molecule has 0 aliphatic rings. The molecular formula is C12H20N4O3. The number of aliphatic hydroxyl groups excluding tert-OH is 1. The van der Waals surface area contributed by atoms with E-state index in [4.69, 9.17) is 4.74 Å². The summed E-state index contributed by atoms with van der Waals surface area (Å²) in [6.45, 7) is 5.71. The maximum Gasteiger partial charge on any atom is 0.414 e. The van der Waals surface area contributed by atoms with Gasteiger partial charge in [0.15, 0.2) is 0 Å². The van der Waals surface area contributed by atoms with Crippen molar-refractivity contribution in [3.05, 3.63) is 18.0 Å². The van der Waals surface area contributed by atoms with Gasteiger partial charge in [-0.3, -0.25) is 5.32 Å². The lowest BCUT2D eigenvalue weighted by Gasteiger charge is -2.19. The number of ether oxygens (including phenoxy) is 1. The van der Waals surface area contributed by atoms with Gasteiger partial charge in [-0.05, 0) is 27.8 Å². The van der Waals surface area contributed by atoms with E-state index in [2.05, 4.69) is 20.6 Å². The minimum atomic E-state index is -0.680. The fourth-order valence-corrected chi connectivity index (χ4v) is 1.28. The smallest absolute Gasteiger partial charge is 0.414 e. The minimum absolute atomic E-state index is 0.134. The third-order valence-corrected chi connectivity index (χ3v) is 2.07. The maximum absolute atomic E-state index is 11.5. The number of nitrogens with zero attached hydrogens (tertiary/aromatic N) is 2. The van der Waals surface area contributed by atoms with Gasteiger partial charge in [-0.2, -0.15) is 0 Å². The van der Waals surface area contributed by atoms with Crippen molar-refractivity contribution in [1.82, 2.24) is 15.3 Å². The van der Waals surface area contributed by atoms with E-state index in [9.17, 15) is 9.90 Å². The molecule has 0 saturated carbocycles. The second kappa shape index (κ2) is 6.44. The van der Waals surface area contributed by atoms with Crippen molar-refractivity contribution in [2.75, 3.05) is 18.9 Å². The van der Waals surface area contributed by atoms with Gasteiger partial charge in [0.1, 0.15) is 5.60 Å². The van der Waals surface area contributed by atoms with Crippen LogP contribution in [0.2, 0.25) is 0 Å². The Morgan fingerprint density at radius 3 is 2.47 bits per heavy atom. The molecular weight excluding hydrogens is 248 g/mol. The van der Waals surface area contributed by atoms with Crippen molar-refractivity contribution in [1.29, 1.82) is 0 Å². The highest BCUT2D eigenvalue weighted by Crippen LogP contribution is 2.12. The van der Waals surface area contributed by atoms with E-state index in [-0.39, 0.29) is 5.95 Å². The lowest BCUT2D eigenvalue weighted by atomic mass is 10.2. The largest absolute Gasteiger partial charge is 0.444 e. The molecule has 1 aromatic heterocycles. The summed E-state index contributed by atoms with van der Waals surface area (Å²) in [5.74, 6) is 0.134. The molecule has 7 heteroatoms. The van der Waals surface area contributed by atoms with Crippen molar-refractivity contribution in [3.8, 4) is 0 Å². The fraction of sp³-hybridized carbons (Fsp3) is 0.583. The van der Waals surface area contributed by atoms with Gasteiger partial charge in [0.2, 0.25) is 5.95 Å². The van der Waals surface area contributed by atoms with Crippen LogP contribution in [0.4, 0.5) is 10.7 Å². The Labute approximate surface area is 112 Å². The molecule has 0 aliphatic heterocycles. The molecule has 1 heterocycles. The highest BCUT2D eigenvalue weighted by molar-refractivity contribution is 5.82. The number of carbonyl (C=O) groups is 1. The summed E-state index contributed by atoms with van der Waals surface area (Å²) >= 11 is 0. The van der Waals surface area contributed by atoms with Gasteiger partial charge in [0, 0.05) is 24.5 Å². The van der Waals surface area contributed by atoms with Gasteiger partial charge in [0.25, 0.3) is 0 Å². The van der Waals surface area contributed by atoms with Crippen LogP contribution in [-0.4, -0.2) is 40.4 Å².